The van der Waals surface area contributed by atoms with Gasteiger partial charge < -0.3 is 15.8 Å². The lowest BCUT2D eigenvalue weighted by Crippen LogP contribution is -2.28. The van der Waals surface area contributed by atoms with E-state index in [1.54, 1.807) is 18.9 Å². The van der Waals surface area contributed by atoms with Gasteiger partial charge in [-0.2, -0.15) is 0 Å². The molecule has 0 atom stereocenters. The van der Waals surface area contributed by atoms with Crippen LogP contribution in [0.3, 0.4) is 0 Å². The van der Waals surface area contributed by atoms with Crippen LogP contribution in [0.4, 0.5) is 0 Å². The van der Waals surface area contributed by atoms with Crippen molar-refractivity contribution in [2.45, 2.75) is 5.75 Å². The van der Waals surface area contributed by atoms with E-state index in [1.165, 1.54) is 0 Å². The van der Waals surface area contributed by atoms with E-state index < -0.39 is 0 Å². The van der Waals surface area contributed by atoms with E-state index >= 15 is 0 Å². The summed E-state index contributed by atoms with van der Waals surface area (Å²) < 4.78 is 4.85. The largest absolute Gasteiger partial charge is 0.389 e. The molecule has 0 unspecified atom stereocenters. The first-order chi connectivity index (χ1) is 9.13. The summed E-state index contributed by atoms with van der Waals surface area (Å²) in [4.78, 5) is 11.8. The van der Waals surface area contributed by atoms with Crippen LogP contribution in [-0.2, 0) is 15.3 Å². The molecule has 0 heterocycles. The van der Waals surface area contributed by atoms with Crippen LogP contribution >= 0.6 is 24.0 Å². The Morgan fingerprint density at radius 1 is 1.42 bits per heavy atom. The molecule has 0 radical (unpaired) electrons. The first kappa shape index (κ1) is 15.9. The molecule has 0 saturated carbocycles. The van der Waals surface area contributed by atoms with E-state index in [0.29, 0.717) is 23.9 Å². The molecule has 0 saturated heterocycles. The van der Waals surface area contributed by atoms with Gasteiger partial charge in [0.15, 0.2) is 0 Å². The van der Waals surface area contributed by atoms with Crippen molar-refractivity contribution in [2.24, 2.45) is 5.73 Å². The Labute approximate surface area is 123 Å². The highest BCUT2D eigenvalue weighted by Gasteiger charge is 2.02. The van der Waals surface area contributed by atoms with Crippen molar-refractivity contribution < 1.29 is 9.53 Å². The fourth-order valence-corrected chi connectivity index (χ4v) is 2.32. The number of rotatable bonds is 8. The van der Waals surface area contributed by atoms with Gasteiger partial charge in [0.25, 0.3) is 0 Å². The highest BCUT2D eigenvalue weighted by Crippen LogP contribution is 2.13. The van der Waals surface area contributed by atoms with Crippen LogP contribution in [0.15, 0.2) is 24.3 Å². The Kier molecular flexibility index (Phi) is 7.47. The number of carbonyl (C=O) groups excluding carboxylic acids is 1. The van der Waals surface area contributed by atoms with Crippen molar-refractivity contribution in [2.75, 3.05) is 26.0 Å². The maximum absolute atomic E-state index is 11.4. The molecule has 0 aliphatic heterocycles. The maximum atomic E-state index is 11.4. The molecule has 0 spiro atoms. The van der Waals surface area contributed by atoms with Gasteiger partial charge >= 0.3 is 0 Å². The van der Waals surface area contributed by atoms with Gasteiger partial charge in [-0.3, -0.25) is 4.79 Å². The van der Waals surface area contributed by atoms with Gasteiger partial charge in [0.2, 0.25) is 5.91 Å². The van der Waals surface area contributed by atoms with Gasteiger partial charge in [0, 0.05) is 25.0 Å². The minimum Gasteiger partial charge on any atom is -0.389 e. The molecular weight excluding hydrogens is 280 g/mol. The van der Waals surface area contributed by atoms with Crippen molar-refractivity contribution in [1.29, 1.82) is 0 Å². The van der Waals surface area contributed by atoms with E-state index in [1.807, 2.05) is 24.3 Å². The molecule has 19 heavy (non-hydrogen) atoms. The molecule has 0 aromatic heterocycles. The smallest absolute Gasteiger partial charge is 0.230 e. The van der Waals surface area contributed by atoms with E-state index in [2.05, 4.69) is 5.32 Å². The topological polar surface area (TPSA) is 64.3 Å². The number of amides is 1. The van der Waals surface area contributed by atoms with Crippen LogP contribution < -0.4 is 11.1 Å². The Bertz CT molecular complexity index is 421. The highest BCUT2D eigenvalue weighted by molar-refractivity contribution is 7.99. The average molecular weight is 298 g/mol. The Hall–Kier alpha value is -1.11. The second-order valence-electron chi connectivity index (χ2n) is 3.90. The van der Waals surface area contributed by atoms with Crippen molar-refractivity contribution in [3.63, 3.8) is 0 Å². The number of hydrogen-bond donors (Lipinski definition) is 2. The van der Waals surface area contributed by atoms with Crippen LogP contribution in [0.25, 0.3) is 0 Å². The molecular formula is C13H18N2O2S2. The lowest BCUT2D eigenvalue weighted by atomic mass is 10.1. The highest BCUT2D eigenvalue weighted by atomic mass is 32.2. The van der Waals surface area contributed by atoms with Crippen LogP contribution in [0.2, 0.25) is 0 Å². The fourth-order valence-electron chi connectivity index (χ4n) is 1.37. The Morgan fingerprint density at radius 2 is 2.11 bits per heavy atom. The number of nitrogens with two attached hydrogens (primary N) is 1. The summed E-state index contributed by atoms with van der Waals surface area (Å²) in [7, 11) is 1.61. The normalized spacial score (nSPS) is 10.2. The van der Waals surface area contributed by atoms with Crippen LogP contribution in [0.5, 0.6) is 0 Å². The molecule has 1 aromatic rings. The second kappa shape index (κ2) is 8.90. The monoisotopic (exact) mass is 298 g/mol. The summed E-state index contributed by atoms with van der Waals surface area (Å²) >= 11 is 6.46. The molecule has 6 heteroatoms. The zero-order valence-electron chi connectivity index (χ0n) is 10.8. The molecule has 104 valence electrons. The van der Waals surface area contributed by atoms with E-state index in [-0.39, 0.29) is 5.91 Å². The standard InChI is InChI=1S/C13H18N2O2S2/c1-17-7-6-15-12(16)9-19-8-10-2-4-11(5-3-10)13(14)18/h2-5H,6-9H2,1H3,(H2,14,18)(H,15,16). The van der Waals surface area contributed by atoms with E-state index in [4.69, 9.17) is 22.7 Å². The van der Waals surface area contributed by atoms with Gasteiger partial charge in [0.05, 0.1) is 12.4 Å². The molecule has 1 amide bonds. The molecule has 0 aliphatic rings. The van der Waals surface area contributed by atoms with Gasteiger partial charge in [-0.15, -0.1) is 11.8 Å². The van der Waals surface area contributed by atoms with Gasteiger partial charge in [-0.1, -0.05) is 36.5 Å². The lowest BCUT2D eigenvalue weighted by Gasteiger charge is -2.05. The number of nitrogens with one attached hydrogen (secondary N) is 1. The van der Waals surface area contributed by atoms with Crippen LogP contribution in [-0.4, -0.2) is 36.9 Å². The van der Waals surface area contributed by atoms with Crippen molar-refractivity contribution >= 4 is 34.9 Å². The summed E-state index contributed by atoms with van der Waals surface area (Å²) in [6.45, 7) is 1.09. The van der Waals surface area contributed by atoms with Crippen LogP contribution in [0, 0.1) is 0 Å². The third-order valence-corrected chi connectivity index (χ3v) is 3.61. The number of thioether (sulfide) groups is 1. The third-order valence-electron chi connectivity index (χ3n) is 2.37. The van der Waals surface area contributed by atoms with Gasteiger partial charge in [0.1, 0.15) is 4.99 Å². The zero-order valence-corrected chi connectivity index (χ0v) is 12.5. The number of ether oxygens (including phenoxy) is 1. The molecule has 3 N–H and O–H groups in total. The van der Waals surface area contributed by atoms with Gasteiger partial charge in [-0.05, 0) is 5.56 Å². The summed E-state index contributed by atoms with van der Waals surface area (Å²) in [6, 6.07) is 7.75. The second-order valence-corrected chi connectivity index (χ2v) is 5.32. The SMILES string of the molecule is COCCNC(=O)CSCc1ccc(C(N)=S)cc1. The predicted molar refractivity (Wildman–Crippen MR) is 83.4 cm³/mol. The quantitative estimate of drug-likeness (QED) is 0.560. The minimum atomic E-state index is 0.0295. The van der Waals surface area contributed by atoms with Gasteiger partial charge in [-0.25, -0.2) is 0 Å². The third kappa shape index (κ3) is 6.56. The number of thiocarbonyl (C=S) groups is 1. The van der Waals surface area contributed by atoms with Crippen molar-refractivity contribution in [3.05, 3.63) is 35.4 Å². The average Bonchev–Trinajstić information content (AvgIpc) is 2.39. The summed E-state index contributed by atoms with van der Waals surface area (Å²) in [6.07, 6.45) is 0. The fraction of sp³-hybridized carbons (Fsp3) is 0.385. The number of benzene rings is 1. The molecule has 1 aromatic carbocycles. The summed E-state index contributed by atoms with van der Waals surface area (Å²) in [5, 5.41) is 2.78. The van der Waals surface area contributed by atoms with E-state index in [9.17, 15) is 4.79 Å². The number of hydrogen-bond acceptors (Lipinski definition) is 4. The maximum Gasteiger partial charge on any atom is 0.230 e. The molecule has 1 rings (SSSR count). The Morgan fingerprint density at radius 3 is 2.68 bits per heavy atom. The summed E-state index contributed by atoms with van der Waals surface area (Å²) in [5.41, 5.74) is 7.53. The van der Waals surface area contributed by atoms with E-state index in [0.717, 1.165) is 16.9 Å². The number of carbonyl (C=O) groups is 1. The van der Waals surface area contributed by atoms with Crippen molar-refractivity contribution in [1.82, 2.24) is 5.32 Å². The molecule has 0 bridgehead atoms. The number of methoxy groups -OCH3 is 1. The molecule has 4 nitrogen and oxygen atoms in total. The summed E-state index contributed by atoms with van der Waals surface area (Å²) in [5.74, 6) is 1.26. The first-order valence-corrected chi connectivity index (χ1v) is 7.42. The first-order valence-electron chi connectivity index (χ1n) is 5.85. The predicted octanol–water partition coefficient (Wildman–Crippen LogP) is 1.32. The Balaban J connectivity index is 2.25. The van der Waals surface area contributed by atoms with Crippen molar-refractivity contribution in [3.8, 4) is 0 Å². The lowest BCUT2D eigenvalue weighted by molar-refractivity contribution is -0.118. The zero-order chi connectivity index (χ0) is 14.1. The molecule has 0 aliphatic carbocycles. The van der Waals surface area contributed by atoms with Crippen LogP contribution in [0.1, 0.15) is 11.1 Å². The molecule has 0 fully saturated rings. The minimum absolute atomic E-state index is 0.0295.